The van der Waals surface area contributed by atoms with E-state index in [1.807, 2.05) is 19.0 Å². The molecule has 15 heavy (non-hydrogen) atoms. The van der Waals surface area contributed by atoms with E-state index in [0.29, 0.717) is 6.54 Å². The number of nitrogens with two attached hydrogens (primary N) is 1. The van der Waals surface area contributed by atoms with Crippen LogP contribution in [0.3, 0.4) is 0 Å². The Balaban J connectivity index is 2.31. The molecule has 0 aromatic carbocycles. The van der Waals surface area contributed by atoms with E-state index in [0.717, 1.165) is 32.2 Å². The maximum Gasteiger partial charge on any atom is 0.240 e. The normalized spacial score (nSPS) is 20.3. The lowest BCUT2D eigenvalue weighted by molar-refractivity contribution is -0.127. The minimum Gasteiger partial charge on any atom is -0.353 e. The molecular weight excluding hydrogens is 190 g/mol. The van der Waals surface area contributed by atoms with E-state index in [-0.39, 0.29) is 5.91 Å². The van der Waals surface area contributed by atoms with Crippen LogP contribution in [0.2, 0.25) is 0 Å². The summed E-state index contributed by atoms with van der Waals surface area (Å²) < 4.78 is 0. The molecule has 4 nitrogen and oxygen atoms in total. The van der Waals surface area contributed by atoms with Crippen LogP contribution in [0.25, 0.3) is 0 Å². The number of rotatable bonds is 4. The van der Waals surface area contributed by atoms with Crippen molar-refractivity contribution in [2.45, 2.75) is 37.6 Å². The SMILES string of the molecule is CN(C)CCNC(=O)C1(N)CCCCC1. The Bertz CT molecular complexity index is 210. The number of hydrogen-bond donors (Lipinski definition) is 2. The van der Waals surface area contributed by atoms with Crippen LogP contribution in [-0.4, -0.2) is 43.5 Å². The van der Waals surface area contributed by atoms with E-state index < -0.39 is 5.54 Å². The van der Waals surface area contributed by atoms with E-state index in [1.165, 1.54) is 6.42 Å². The van der Waals surface area contributed by atoms with Crippen molar-refractivity contribution < 1.29 is 4.79 Å². The van der Waals surface area contributed by atoms with Crippen LogP contribution in [0.15, 0.2) is 0 Å². The molecule has 1 saturated carbocycles. The van der Waals surface area contributed by atoms with E-state index in [1.54, 1.807) is 0 Å². The van der Waals surface area contributed by atoms with Gasteiger partial charge in [0.1, 0.15) is 0 Å². The zero-order chi connectivity index (χ0) is 11.3. The van der Waals surface area contributed by atoms with Gasteiger partial charge in [0.2, 0.25) is 5.91 Å². The van der Waals surface area contributed by atoms with Crippen molar-refractivity contribution in [3.63, 3.8) is 0 Å². The average molecular weight is 213 g/mol. The van der Waals surface area contributed by atoms with Gasteiger partial charge in [-0.15, -0.1) is 0 Å². The highest BCUT2D eigenvalue weighted by Crippen LogP contribution is 2.25. The van der Waals surface area contributed by atoms with E-state index in [9.17, 15) is 4.79 Å². The van der Waals surface area contributed by atoms with Gasteiger partial charge < -0.3 is 16.0 Å². The van der Waals surface area contributed by atoms with Gasteiger partial charge >= 0.3 is 0 Å². The zero-order valence-corrected chi connectivity index (χ0v) is 9.88. The smallest absolute Gasteiger partial charge is 0.240 e. The molecule has 1 fully saturated rings. The summed E-state index contributed by atoms with van der Waals surface area (Å²) in [7, 11) is 3.98. The first-order valence-electron chi connectivity index (χ1n) is 5.76. The first-order chi connectivity index (χ1) is 7.04. The third-order valence-corrected chi connectivity index (χ3v) is 3.04. The molecule has 0 aliphatic heterocycles. The average Bonchev–Trinajstić information content (AvgIpc) is 2.18. The fourth-order valence-corrected chi connectivity index (χ4v) is 1.98. The third kappa shape index (κ3) is 3.80. The molecular formula is C11H23N3O. The van der Waals surface area contributed by atoms with E-state index >= 15 is 0 Å². The molecule has 3 N–H and O–H groups in total. The Morgan fingerprint density at radius 2 is 1.93 bits per heavy atom. The summed E-state index contributed by atoms with van der Waals surface area (Å²) in [6, 6.07) is 0. The fraction of sp³-hybridized carbons (Fsp3) is 0.909. The number of likely N-dealkylation sites (N-methyl/N-ethyl adjacent to an activating group) is 1. The summed E-state index contributed by atoms with van der Waals surface area (Å²) in [6.07, 6.45) is 5.04. The van der Waals surface area contributed by atoms with Gasteiger partial charge in [0, 0.05) is 13.1 Å². The third-order valence-electron chi connectivity index (χ3n) is 3.04. The van der Waals surface area contributed by atoms with Crippen LogP contribution < -0.4 is 11.1 Å². The number of hydrogen-bond acceptors (Lipinski definition) is 3. The molecule has 0 atom stereocenters. The van der Waals surface area contributed by atoms with Crippen molar-refractivity contribution in [1.29, 1.82) is 0 Å². The lowest BCUT2D eigenvalue weighted by atomic mass is 9.82. The molecule has 1 amide bonds. The van der Waals surface area contributed by atoms with Gasteiger partial charge in [0.25, 0.3) is 0 Å². The van der Waals surface area contributed by atoms with Gasteiger partial charge in [-0.3, -0.25) is 4.79 Å². The largest absolute Gasteiger partial charge is 0.353 e. The molecule has 0 saturated heterocycles. The number of carbonyl (C=O) groups excluding carboxylic acids is 1. The second kappa shape index (κ2) is 5.47. The van der Waals surface area contributed by atoms with Crippen LogP contribution >= 0.6 is 0 Å². The number of amides is 1. The van der Waals surface area contributed by atoms with Crippen LogP contribution in [0.5, 0.6) is 0 Å². The maximum atomic E-state index is 11.8. The topological polar surface area (TPSA) is 58.4 Å². The van der Waals surface area contributed by atoms with Crippen molar-refractivity contribution in [2.75, 3.05) is 27.2 Å². The number of nitrogens with one attached hydrogen (secondary N) is 1. The summed E-state index contributed by atoms with van der Waals surface area (Å²) in [5.41, 5.74) is 5.50. The zero-order valence-electron chi connectivity index (χ0n) is 9.88. The Labute approximate surface area is 92.2 Å². The lowest BCUT2D eigenvalue weighted by Gasteiger charge is -2.31. The maximum absolute atomic E-state index is 11.8. The first kappa shape index (κ1) is 12.5. The van der Waals surface area contributed by atoms with Gasteiger partial charge in [0.05, 0.1) is 5.54 Å². The van der Waals surface area contributed by atoms with Gasteiger partial charge in [-0.2, -0.15) is 0 Å². The van der Waals surface area contributed by atoms with Crippen molar-refractivity contribution >= 4 is 5.91 Å². The molecule has 0 heterocycles. The fourth-order valence-electron chi connectivity index (χ4n) is 1.98. The summed E-state index contributed by atoms with van der Waals surface area (Å²) in [6.45, 7) is 1.55. The standard InChI is InChI=1S/C11H23N3O/c1-14(2)9-8-13-10(15)11(12)6-4-3-5-7-11/h3-9,12H2,1-2H3,(H,13,15). The Kier molecular flexibility index (Phi) is 4.54. The predicted molar refractivity (Wildman–Crippen MR) is 61.6 cm³/mol. The van der Waals surface area contributed by atoms with Crippen LogP contribution in [-0.2, 0) is 4.79 Å². The molecule has 0 spiro atoms. The molecule has 0 aromatic rings. The second-order valence-electron chi connectivity index (χ2n) is 4.78. The van der Waals surface area contributed by atoms with Gasteiger partial charge in [0.15, 0.2) is 0 Å². The van der Waals surface area contributed by atoms with Crippen molar-refractivity contribution in [1.82, 2.24) is 10.2 Å². The Morgan fingerprint density at radius 3 is 2.47 bits per heavy atom. The first-order valence-corrected chi connectivity index (χ1v) is 5.76. The van der Waals surface area contributed by atoms with Crippen LogP contribution in [0.1, 0.15) is 32.1 Å². The molecule has 1 aliphatic carbocycles. The highest BCUT2D eigenvalue weighted by atomic mass is 16.2. The second-order valence-corrected chi connectivity index (χ2v) is 4.78. The monoisotopic (exact) mass is 213 g/mol. The quantitative estimate of drug-likeness (QED) is 0.707. The molecule has 4 heteroatoms. The molecule has 88 valence electrons. The van der Waals surface area contributed by atoms with Gasteiger partial charge in [-0.05, 0) is 26.9 Å². The summed E-state index contributed by atoms with van der Waals surface area (Å²) >= 11 is 0. The molecule has 0 bridgehead atoms. The minimum absolute atomic E-state index is 0.0315. The molecule has 1 aliphatic rings. The Morgan fingerprint density at radius 1 is 1.33 bits per heavy atom. The summed E-state index contributed by atoms with van der Waals surface area (Å²) in [4.78, 5) is 13.9. The molecule has 1 rings (SSSR count). The highest BCUT2D eigenvalue weighted by molar-refractivity contribution is 5.86. The van der Waals surface area contributed by atoms with Crippen LogP contribution in [0, 0.1) is 0 Å². The minimum atomic E-state index is -0.593. The van der Waals surface area contributed by atoms with E-state index in [4.69, 9.17) is 5.73 Å². The van der Waals surface area contributed by atoms with Gasteiger partial charge in [-0.1, -0.05) is 19.3 Å². The predicted octanol–water partition coefficient (Wildman–Crippen LogP) is 0.326. The lowest BCUT2D eigenvalue weighted by Crippen LogP contribution is -2.55. The number of carbonyl (C=O) groups is 1. The Hall–Kier alpha value is -0.610. The molecule has 0 aromatic heterocycles. The van der Waals surface area contributed by atoms with Crippen molar-refractivity contribution in [3.8, 4) is 0 Å². The summed E-state index contributed by atoms with van der Waals surface area (Å²) in [5, 5.41) is 2.92. The molecule has 0 radical (unpaired) electrons. The van der Waals surface area contributed by atoms with Crippen molar-refractivity contribution in [2.24, 2.45) is 5.73 Å². The van der Waals surface area contributed by atoms with E-state index in [2.05, 4.69) is 5.32 Å². The highest BCUT2D eigenvalue weighted by Gasteiger charge is 2.34. The number of nitrogens with zero attached hydrogens (tertiary/aromatic N) is 1. The van der Waals surface area contributed by atoms with Gasteiger partial charge in [-0.25, -0.2) is 0 Å². The summed E-state index contributed by atoms with van der Waals surface area (Å²) in [5.74, 6) is 0.0315. The van der Waals surface area contributed by atoms with Crippen molar-refractivity contribution in [3.05, 3.63) is 0 Å². The molecule has 0 unspecified atom stereocenters. The van der Waals surface area contributed by atoms with Crippen LogP contribution in [0.4, 0.5) is 0 Å².